The fourth-order valence-electron chi connectivity index (χ4n) is 2.27. The van der Waals surface area contributed by atoms with Gasteiger partial charge in [-0.05, 0) is 44.0 Å². The third-order valence-corrected chi connectivity index (χ3v) is 3.12. The Morgan fingerprint density at radius 1 is 1.47 bits per heavy atom. The molecule has 1 heterocycles. The van der Waals surface area contributed by atoms with Crippen molar-refractivity contribution in [1.29, 1.82) is 0 Å². The SMILES string of the molecule is CCOC(=O)C1(c2ccc(F)cc2)CCCN1. The maximum atomic E-state index is 12.9. The van der Waals surface area contributed by atoms with Crippen LogP contribution in [0.15, 0.2) is 24.3 Å². The molecule has 1 aromatic carbocycles. The van der Waals surface area contributed by atoms with E-state index in [1.54, 1.807) is 19.1 Å². The minimum atomic E-state index is -0.788. The fraction of sp³-hybridized carbons (Fsp3) is 0.462. The fourth-order valence-corrected chi connectivity index (χ4v) is 2.27. The third kappa shape index (κ3) is 2.17. The Labute approximate surface area is 100.0 Å². The average Bonchev–Trinajstić information content (AvgIpc) is 2.81. The second-order valence-corrected chi connectivity index (χ2v) is 4.16. The zero-order chi connectivity index (χ0) is 12.3. The van der Waals surface area contributed by atoms with Gasteiger partial charge in [-0.2, -0.15) is 0 Å². The molecule has 2 rings (SSSR count). The first-order valence-electron chi connectivity index (χ1n) is 5.87. The number of benzene rings is 1. The summed E-state index contributed by atoms with van der Waals surface area (Å²) in [6.45, 7) is 2.91. The summed E-state index contributed by atoms with van der Waals surface area (Å²) in [5.41, 5.74) is -0.0150. The molecule has 1 fully saturated rings. The van der Waals surface area contributed by atoms with Crippen LogP contribution in [0.3, 0.4) is 0 Å². The van der Waals surface area contributed by atoms with E-state index in [0.29, 0.717) is 13.0 Å². The van der Waals surface area contributed by atoms with E-state index >= 15 is 0 Å². The van der Waals surface area contributed by atoms with Crippen LogP contribution in [0.1, 0.15) is 25.3 Å². The lowest BCUT2D eigenvalue weighted by molar-refractivity contribution is -0.151. The molecule has 1 atom stereocenters. The number of rotatable bonds is 3. The van der Waals surface area contributed by atoms with Gasteiger partial charge in [0.15, 0.2) is 0 Å². The summed E-state index contributed by atoms with van der Waals surface area (Å²) in [6, 6.07) is 6.03. The van der Waals surface area contributed by atoms with Crippen LogP contribution in [0.4, 0.5) is 4.39 Å². The highest BCUT2D eigenvalue weighted by molar-refractivity contribution is 5.83. The number of hydrogen-bond donors (Lipinski definition) is 1. The Bertz CT molecular complexity index is 396. The summed E-state index contributed by atoms with van der Waals surface area (Å²) in [4.78, 5) is 12.1. The van der Waals surface area contributed by atoms with E-state index in [-0.39, 0.29) is 11.8 Å². The molecule has 3 nitrogen and oxygen atoms in total. The molecule has 0 amide bonds. The predicted molar refractivity (Wildman–Crippen MR) is 61.9 cm³/mol. The lowest BCUT2D eigenvalue weighted by Crippen LogP contribution is -2.45. The molecule has 1 unspecified atom stereocenters. The van der Waals surface area contributed by atoms with Gasteiger partial charge in [-0.15, -0.1) is 0 Å². The first-order valence-corrected chi connectivity index (χ1v) is 5.87. The molecule has 0 saturated carbocycles. The van der Waals surface area contributed by atoms with Gasteiger partial charge in [0.25, 0.3) is 0 Å². The second kappa shape index (κ2) is 4.84. The van der Waals surface area contributed by atoms with Crippen molar-refractivity contribution in [3.63, 3.8) is 0 Å². The van der Waals surface area contributed by atoms with Crippen LogP contribution in [-0.4, -0.2) is 19.1 Å². The van der Waals surface area contributed by atoms with Gasteiger partial charge in [-0.1, -0.05) is 12.1 Å². The molecule has 92 valence electrons. The molecule has 17 heavy (non-hydrogen) atoms. The van der Waals surface area contributed by atoms with E-state index in [4.69, 9.17) is 4.74 Å². The van der Waals surface area contributed by atoms with Crippen LogP contribution >= 0.6 is 0 Å². The van der Waals surface area contributed by atoms with Crippen molar-refractivity contribution in [2.45, 2.75) is 25.3 Å². The van der Waals surface area contributed by atoms with Crippen LogP contribution in [-0.2, 0) is 15.1 Å². The number of carbonyl (C=O) groups excluding carboxylic acids is 1. The standard InChI is InChI=1S/C13H16FNO2/c1-2-17-12(16)13(8-3-9-15-13)10-4-6-11(14)7-5-10/h4-7,15H,2-3,8-9H2,1H3. The van der Waals surface area contributed by atoms with Crippen LogP contribution in [0.5, 0.6) is 0 Å². The maximum Gasteiger partial charge on any atom is 0.330 e. The number of halogens is 1. The molecule has 1 N–H and O–H groups in total. The van der Waals surface area contributed by atoms with Gasteiger partial charge in [-0.3, -0.25) is 5.32 Å². The zero-order valence-electron chi connectivity index (χ0n) is 9.83. The highest BCUT2D eigenvalue weighted by Gasteiger charge is 2.43. The number of esters is 1. The monoisotopic (exact) mass is 237 g/mol. The molecule has 0 aromatic heterocycles. The second-order valence-electron chi connectivity index (χ2n) is 4.16. The Balaban J connectivity index is 2.34. The highest BCUT2D eigenvalue weighted by Crippen LogP contribution is 2.32. The summed E-state index contributed by atoms with van der Waals surface area (Å²) in [5.74, 6) is -0.574. The summed E-state index contributed by atoms with van der Waals surface area (Å²) >= 11 is 0. The first-order chi connectivity index (χ1) is 8.19. The van der Waals surface area contributed by atoms with Gasteiger partial charge >= 0.3 is 5.97 Å². The van der Waals surface area contributed by atoms with Crippen molar-refractivity contribution < 1.29 is 13.9 Å². The van der Waals surface area contributed by atoms with Gasteiger partial charge in [0.2, 0.25) is 0 Å². The highest BCUT2D eigenvalue weighted by atomic mass is 19.1. The minimum absolute atomic E-state index is 0.274. The molecule has 1 aromatic rings. The number of carbonyl (C=O) groups is 1. The Hall–Kier alpha value is -1.42. The van der Waals surface area contributed by atoms with Crippen molar-refractivity contribution in [2.75, 3.05) is 13.2 Å². The molecule has 1 aliphatic rings. The molecule has 0 radical (unpaired) electrons. The van der Waals surface area contributed by atoms with Crippen molar-refractivity contribution in [2.24, 2.45) is 0 Å². The molecule has 1 saturated heterocycles. The van der Waals surface area contributed by atoms with Gasteiger partial charge < -0.3 is 4.74 Å². The van der Waals surface area contributed by atoms with Gasteiger partial charge in [-0.25, -0.2) is 9.18 Å². The molecule has 1 aliphatic heterocycles. The van der Waals surface area contributed by atoms with E-state index in [1.165, 1.54) is 12.1 Å². The number of hydrogen-bond acceptors (Lipinski definition) is 3. The molecular formula is C13H16FNO2. The Kier molecular flexibility index (Phi) is 3.43. The van der Waals surface area contributed by atoms with Gasteiger partial charge in [0, 0.05) is 0 Å². The smallest absolute Gasteiger partial charge is 0.330 e. The van der Waals surface area contributed by atoms with Crippen LogP contribution in [0.25, 0.3) is 0 Å². The minimum Gasteiger partial charge on any atom is -0.464 e. The summed E-state index contributed by atoms with van der Waals surface area (Å²) < 4.78 is 18.0. The normalized spacial score (nSPS) is 23.6. The first kappa shape index (κ1) is 12.0. The van der Waals surface area contributed by atoms with Crippen molar-refractivity contribution in [3.8, 4) is 0 Å². The largest absolute Gasteiger partial charge is 0.464 e. The van der Waals surface area contributed by atoms with Crippen LogP contribution in [0, 0.1) is 5.82 Å². The Morgan fingerprint density at radius 2 is 2.18 bits per heavy atom. The lowest BCUT2D eigenvalue weighted by atomic mass is 9.88. The quantitative estimate of drug-likeness (QED) is 0.817. The number of nitrogens with one attached hydrogen (secondary N) is 1. The van der Waals surface area contributed by atoms with E-state index in [9.17, 15) is 9.18 Å². The summed E-state index contributed by atoms with van der Waals surface area (Å²) in [5, 5.41) is 3.19. The van der Waals surface area contributed by atoms with Gasteiger partial charge in [0.1, 0.15) is 11.4 Å². The predicted octanol–water partition coefficient (Wildman–Crippen LogP) is 1.97. The molecular weight excluding hydrogens is 221 g/mol. The molecule has 0 spiro atoms. The third-order valence-electron chi connectivity index (χ3n) is 3.12. The Morgan fingerprint density at radius 3 is 2.71 bits per heavy atom. The zero-order valence-corrected chi connectivity index (χ0v) is 9.83. The van der Waals surface area contributed by atoms with E-state index in [1.807, 2.05) is 0 Å². The van der Waals surface area contributed by atoms with Crippen molar-refractivity contribution in [3.05, 3.63) is 35.6 Å². The van der Waals surface area contributed by atoms with E-state index in [0.717, 1.165) is 18.5 Å². The number of ether oxygens (including phenoxy) is 1. The summed E-state index contributed by atoms with van der Waals surface area (Å²) in [6.07, 6.45) is 1.60. The molecule has 0 bridgehead atoms. The van der Waals surface area contributed by atoms with Crippen LogP contribution < -0.4 is 5.32 Å². The maximum absolute atomic E-state index is 12.9. The molecule has 0 aliphatic carbocycles. The van der Waals surface area contributed by atoms with Crippen molar-refractivity contribution >= 4 is 5.97 Å². The van der Waals surface area contributed by atoms with Gasteiger partial charge in [0.05, 0.1) is 6.61 Å². The van der Waals surface area contributed by atoms with E-state index < -0.39 is 5.54 Å². The van der Waals surface area contributed by atoms with Crippen LogP contribution in [0.2, 0.25) is 0 Å². The summed E-state index contributed by atoms with van der Waals surface area (Å²) in [7, 11) is 0. The van der Waals surface area contributed by atoms with Crippen molar-refractivity contribution in [1.82, 2.24) is 5.32 Å². The van der Waals surface area contributed by atoms with E-state index in [2.05, 4.69) is 5.32 Å². The topological polar surface area (TPSA) is 38.3 Å². The molecule has 4 heteroatoms. The lowest BCUT2D eigenvalue weighted by Gasteiger charge is -2.27. The average molecular weight is 237 g/mol.